The molecule has 1 saturated heterocycles. The Bertz CT molecular complexity index is 1590. The Morgan fingerprint density at radius 1 is 0.881 bits per heavy atom. The minimum atomic E-state index is -0.439. The molecule has 214 valence electrons. The van der Waals surface area contributed by atoms with Crippen LogP contribution in [0.2, 0.25) is 5.02 Å². The molecule has 0 atom stereocenters. The molecule has 0 bridgehead atoms. The van der Waals surface area contributed by atoms with Crippen LogP contribution in [0.5, 0.6) is 11.5 Å². The van der Waals surface area contributed by atoms with Gasteiger partial charge in [-0.1, -0.05) is 35.9 Å². The number of fused-ring (bicyclic) bond motifs is 1. The van der Waals surface area contributed by atoms with Crippen LogP contribution in [-0.4, -0.2) is 71.3 Å². The summed E-state index contributed by atoms with van der Waals surface area (Å²) >= 11 is 6.29. The van der Waals surface area contributed by atoms with Gasteiger partial charge in [0.05, 0.1) is 10.7 Å². The van der Waals surface area contributed by atoms with Gasteiger partial charge in [0.1, 0.15) is 12.4 Å². The summed E-state index contributed by atoms with van der Waals surface area (Å²) in [6.07, 6.45) is 0. The Balaban J connectivity index is 1.11. The minimum absolute atomic E-state index is 0.128. The zero-order valence-electron chi connectivity index (χ0n) is 22.6. The summed E-state index contributed by atoms with van der Waals surface area (Å²) in [6, 6.07) is 22.0. The summed E-state index contributed by atoms with van der Waals surface area (Å²) in [4.78, 5) is 32.2. The third-order valence-electron chi connectivity index (χ3n) is 7.27. The van der Waals surface area contributed by atoms with Gasteiger partial charge in [0, 0.05) is 43.9 Å². The number of piperazine rings is 1. The van der Waals surface area contributed by atoms with Gasteiger partial charge in [-0.15, -0.1) is 10.2 Å². The molecule has 9 nitrogen and oxygen atoms in total. The SMILES string of the molecule is O=C(CN(Cc1ccc2c(c1)OCO2)C(=O)c1ccc(F)cc1)N1CCN(c2ccc(-c3ccccc3Cl)nn2)CC1. The number of amides is 2. The molecule has 42 heavy (non-hydrogen) atoms. The molecule has 11 heteroatoms. The average molecular weight is 588 g/mol. The molecule has 0 aliphatic carbocycles. The lowest BCUT2D eigenvalue weighted by Crippen LogP contribution is -2.52. The average Bonchev–Trinajstić information content (AvgIpc) is 3.49. The van der Waals surface area contributed by atoms with Crippen molar-refractivity contribution in [2.75, 3.05) is 44.4 Å². The van der Waals surface area contributed by atoms with Gasteiger partial charge >= 0.3 is 0 Å². The molecule has 2 aliphatic heterocycles. The Kier molecular flexibility index (Phi) is 7.87. The number of hydrogen-bond donors (Lipinski definition) is 0. The maximum absolute atomic E-state index is 13.5. The Labute approximate surface area is 247 Å². The molecule has 2 amide bonds. The highest BCUT2D eigenvalue weighted by Gasteiger charge is 2.27. The molecule has 1 aromatic heterocycles. The highest BCUT2D eigenvalue weighted by atomic mass is 35.5. The van der Waals surface area contributed by atoms with E-state index in [2.05, 4.69) is 15.1 Å². The number of ether oxygens (including phenoxy) is 2. The van der Waals surface area contributed by atoms with Crippen LogP contribution in [0.3, 0.4) is 0 Å². The first kappa shape index (κ1) is 27.5. The van der Waals surface area contributed by atoms with Crippen LogP contribution in [0, 0.1) is 5.82 Å². The van der Waals surface area contributed by atoms with E-state index in [1.54, 1.807) is 17.0 Å². The lowest BCUT2D eigenvalue weighted by Gasteiger charge is -2.36. The van der Waals surface area contributed by atoms with Crippen molar-refractivity contribution in [2.24, 2.45) is 0 Å². The van der Waals surface area contributed by atoms with Crippen molar-refractivity contribution in [3.8, 4) is 22.8 Å². The van der Waals surface area contributed by atoms with Gasteiger partial charge in [-0.2, -0.15) is 0 Å². The van der Waals surface area contributed by atoms with Gasteiger partial charge in [0.2, 0.25) is 12.7 Å². The summed E-state index contributed by atoms with van der Waals surface area (Å²) in [5, 5.41) is 9.35. The molecular weight excluding hydrogens is 561 g/mol. The maximum Gasteiger partial charge on any atom is 0.254 e. The van der Waals surface area contributed by atoms with Crippen LogP contribution in [0.1, 0.15) is 15.9 Å². The van der Waals surface area contributed by atoms with Gasteiger partial charge < -0.3 is 24.2 Å². The molecule has 6 rings (SSSR count). The number of aromatic nitrogens is 2. The normalized spacial score (nSPS) is 14.1. The zero-order chi connectivity index (χ0) is 29.1. The Hall–Kier alpha value is -4.70. The third kappa shape index (κ3) is 5.99. The van der Waals surface area contributed by atoms with Crippen molar-refractivity contribution in [3.63, 3.8) is 0 Å². The summed E-state index contributed by atoms with van der Waals surface area (Å²) in [6.45, 7) is 2.26. The summed E-state index contributed by atoms with van der Waals surface area (Å²) in [5.74, 6) is 0.957. The van der Waals surface area contributed by atoms with E-state index < -0.39 is 5.82 Å². The smallest absolute Gasteiger partial charge is 0.254 e. The third-order valence-corrected chi connectivity index (χ3v) is 7.60. The van der Waals surface area contributed by atoms with Crippen molar-refractivity contribution < 1.29 is 23.5 Å². The first-order chi connectivity index (χ1) is 20.4. The number of benzene rings is 3. The fourth-order valence-corrected chi connectivity index (χ4v) is 5.22. The summed E-state index contributed by atoms with van der Waals surface area (Å²) in [7, 11) is 0. The molecule has 3 heterocycles. The number of carbonyl (C=O) groups excluding carboxylic acids is 2. The molecule has 3 aromatic carbocycles. The Morgan fingerprint density at radius 3 is 2.38 bits per heavy atom. The number of hydrogen-bond acceptors (Lipinski definition) is 7. The van der Waals surface area contributed by atoms with Gasteiger partial charge in [-0.05, 0) is 60.2 Å². The van der Waals surface area contributed by atoms with Gasteiger partial charge in [0.25, 0.3) is 5.91 Å². The quantitative estimate of drug-likeness (QED) is 0.311. The van der Waals surface area contributed by atoms with Crippen molar-refractivity contribution in [1.82, 2.24) is 20.0 Å². The number of anilines is 1. The number of rotatable bonds is 7. The summed E-state index contributed by atoms with van der Waals surface area (Å²) < 4.78 is 24.4. The fourth-order valence-electron chi connectivity index (χ4n) is 4.99. The first-order valence-electron chi connectivity index (χ1n) is 13.5. The monoisotopic (exact) mass is 587 g/mol. The minimum Gasteiger partial charge on any atom is -0.454 e. The second-order valence-electron chi connectivity index (χ2n) is 9.98. The van der Waals surface area contributed by atoms with Gasteiger partial charge in [-0.25, -0.2) is 4.39 Å². The van der Waals surface area contributed by atoms with E-state index in [4.69, 9.17) is 21.1 Å². The fraction of sp³-hybridized carbons (Fsp3) is 0.226. The van der Waals surface area contributed by atoms with E-state index in [-0.39, 0.29) is 31.7 Å². The standard InChI is InChI=1S/C31H27ClFN5O4/c32-25-4-2-1-3-24(25)26-10-12-29(35-34-26)36-13-15-37(16-14-36)30(39)19-38(31(40)22-6-8-23(33)9-7-22)18-21-5-11-27-28(17-21)42-20-41-27/h1-12,17H,13-16,18-20H2. The lowest BCUT2D eigenvalue weighted by molar-refractivity contribution is -0.132. The first-order valence-corrected chi connectivity index (χ1v) is 13.9. The number of nitrogens with zero attached hydrogens (tertiary/aromatic N) is 5. The predicted octanol–water partition coefficient (Wildman–Crippen LogP) is 4.66. The van der Waals surface area contributed by atoms with Crippen molar-refractivity contribution in [2.45, 2.75) is 6.54 Å². The molecule has 0 unspecified atom stereocenters. The number of carbonyl (C=O) groups is 2. The second kappa shape index (κ2) is 12.0. The molecule has 0 radical (unpaired) electrons. The molecule has 1 fully saturated rings. The number of halogens is 2. The van der Waals surface area contributed by atoms with Crippen LogP contribution in [0.15, 0.2) is 78.9 Å². The van der Waals surface area contributed by atoms with Crippen molar-refractivity contribution in [3.05, 3.63) is 101 Å². The van der Waals surface area contributed by atoms with E-state index in [1.807, 2.05) is 42.5 Å². The van der Waals surface area contributed by atoms with Crippen molar-refractivity contribution >= 4 is 29.2 Å². The molecule has 0 N–H and O–H groups in total. The highest BCUT2D eigenvalue weighted by molar-refractivity contribution is 6.33. The van der Waals surface area contributed by atoms with Crippen LogP contribution in [0.4, 0.5) is 10.2 Å². The van der Waals surface area contributed by atoms with E-state index in [1.165, 1.54) is 29.2 Å². The van der Waals surface area contributed by atoms with Crippen LogP contribution in [0.25, 0.3) is 11.3 Å². The largest absolute Gasteiger partial charge is 0.454 e. The second-order valence-corrected chi connectivity index (χ2v) is 10.4. The van der Waals surface area contributed by atoms with E-state index in [0.717, 1.165) is 11.1 Å². The molecule has 0 saturated carbocycles. The van der Waals surface area contributed by atoms with Crippen LogP contribution in [-0.2, 0) is 11.3 Å². The van der Waals surface area contributed by atoms with Crippen LogP contribution >= 0.6 is 11.6 Å². The van der Waals surface area contributed by atoms with Gasteiger partial charge in [-0.3, -0.25) is 9.59 Å². The molecule has 4 aromatic rings. The lowest BCUT2D eigenvalue weighted by atomic mass is 10.1. The van der Waals surface area contributed by atoms with E-state index in [0.29, 0.717) is 59.8 Å². The zero-order valence-corrected chi connectivity index (χ0v) is 23.3. The van der Waals surface area contributed by atoms with Crippen LogP contribution < -0.4 is 14.4 Å². The van der Waals surface area contributed by atoms with Crippen molar-refractivity contribution in [1.29, 1.82) is 0 Å². The topological polar surface area (TPSA) is 88.1 Å². The maximum atomic E-state index is 13.5. The highest BCUT2D eigenvalue weighted by Crippen LogP contribution is 2.33. The predicted molar refractivity (Wildman–Crippen MR) is 155 cm³/mol. The van der Waals surface area contributed by atoms with E-state index >= 15 is 0 Å². The van der Waals surface area contributed by atoms with E-state index in [9.17, 15) is 14.0 Å². The van der Waals surface area contributed by atoms with Gasteiger partial charge in [0.15, 0.2) is 17.3 Å². The summed E-state index contributed by atoms with van der Waals surface area (Å²) in [5.41, 5.74) is 2.58. The Morgan fingerprint density at radius 2 is 1.64 bits per heavy atom. The molecule has 0 spiro atoms. The molecule has 2 aliphatic rings. The molecular formula is C31H27ClFN5O4.